The van der Waals surface area contributed by atoms with Crippen molar-refractivity contribution < 1.29 is 13.2 Å². The van der Waals surface area contributed by atoms with Crippen LogP contribution in [0.1, 0.15) is 25.5 Å². The molecule has 2 aromatic rings. The van der Waals surface area contributed by atoms with E-state index in [-0.39, 0.29) is 11.9 Å². The Labute approximate surface area is 114 Å². The van der Waals surface area contributed by atoms with Gasteiger partial charge in [0, 0.05) is 24.7 Å². The molecule has 2 heterocycles. The number of hydrogen-bond donors (Lipinski definition) is 1. The minimum atomic E-state index is -4.29. The third-order valence-electron chi connectivity index (χ3n) is 3.05. The second kappa shape index (κ2) is 5.52. The fourth-order valence-electron chi connectivity index (χ4n) is 1.73. The van der Waals surface area contributed by atoms with Crippen molar-refractivity contribution in [1.82, 2.24) is 14.8 Å². The highest BCUT2D eigenvalue weighted by Crippen LogP contribution is 2.23. The monoisotopic (exact) mass is 284 g/mol. The van der Waals surface area contributed by atoms with Crippen LogP contribution in [0.3, 0.4) is 0 Å². The van der Waals surface area contributed by atoms with E-state index in [1.165, 1.54) is 6.07 Å². The lowest BCUT2D eigenvalue weighted by Gasteiger charge is -2.17. The van der Waals surface area contributed by atoms with Crippen molar-refractivity contribution in [3.63, 3.8) is 0 Å². The van der Waals surface area contributed by atoms with Crippen LogP contribution in [-0.2, 0) is 0 Å². The van der Waals surface area contributed by atoms with E-state index in [1.54, 1.807) is 23.3 Å². The minimum Gasteiger partial charge on any atom is -0.357 e. The van der Waals surface area contributed by atoms with Crippen LogP contribution in [0.15, 0.2) is 36.8 Å². The Balaban J connectivity index is 2.10. The molecule has 0 aliphatic heterocycles. The zero-order valence-corrected chi connectivity index (χ0v) is 11.1. The first-order valence-corrected chi connectivity index (χ1v) is 6.16. The van der Waals surface area contributed by atoms with Gasteiger partial charge in [0.2, 0.25) is 0 Å². The maximum Gasteiger partial charge on any atom is 0.408 e. The van der Waals surface area contributed by atoms with Crippen molar-refractivity contribution in [3.05, 3.63) is 42.4 Å². The summed E-state index contributed by atoms with van der Waals surface area (Å²) in [6.45, 7) is 2.98. The summed E-state index contributed by atoms with van der Waals surface area (Å²) in [4.78, 5) is 3.93. The molecule has 0 fully saturated rings. The number of aromatic nitrogens is 3. The summed E-state index contributed by atoms with van der Waals surface area (Å²) < 4.78 is 39.0. The Bertz CT molecular complexity index is 550. The molecule has 0 saturated heterocycles. The first-order chi connectivity index (χ1) is 9.38. The Hall–Kier alpha value is -2.05. The first kappa shape index (κ1) is 14.4. The van der Waals surface area contributed by atoms with Crippen LogP contribution in [0.4, 0.5) is 19.0 Å². The molecule has 0 aliphatic carbocycles. The second-order valence-corrected chi connectivity index (χ2v) is 4.55. The summed E-state index contributed by atoms with van der Waals surface area (Å²) in [6.07, 6.45) is 0.692. The van der Waals surface area contributed by atoms with Gasteiger partial charge in [-0.25, -0.2) is 0 Å². The van der Waals surface area contributed by atoms with E-state index < -0.39 is 12.2 Å². The van der Waals surface area contributed by atoms with Crippen LogP contribution in [-0.4, -0.2) is 27.0 Å². The number of rotatable bonds is 4. The third-order valence-corrected chi connectivity index (χ3v) is 3.05. The molecule has 4 nitrogen and oxygen atoms in total. The number of nitrogens with zero attached hydrogens (tertiary/aromatic N) is 3. The van der Waals surface area contributed by atoms with E-state index in [4.69, 9.17) is 0 Å². The van der Waals surface area contributed by atoms with Crippen molar-refractivity contribution in [2.24, 2.45) is 0 Å². The first-order valence-electron chi connectivity index (χ1n) is 6.16. The van der Waals surface area contributed by atoms with Crippen molar-refractivity contribution >= 4 is 5.82 Å². The minimum absolute atomic E-state index is 0.0743. The van der Waals surface area contributed by atoms with Crippen LogP contribution < -0.4 is 5.32 Å². The average Bonchev–Trinajstić information content (AvgIpc) is 2.86. The number of alkyl halides is 3. The van der Waals surface area contributed by atoms with Crippen LogP contribution >= 0.6 is 0 Å². The van der Waals surface area contributed by atoms with Gasteiger partial charge in [-0.1, -0.05) is 0 Å². The van der Waals surface area contributed by atoms with E-state index >= 15 is 0 Å². The van der Waals surface area contributed by atoms with E-state index in [0.717, 1.165) is 12.5 Å². The highest BCUT2D eigenvalue weighted by Gasteiger charge is 2.36. The molecule has 0 aliphatic rings. The van der Waals surface area contributed by atoms with Gasteiger partial charge < -0.3 is 5.32 Å². The molecule has 2 aromatic heterocycles. The Morgan fingerprint density at radius 1 is 1.15 bits per heavy atom. The SMILES string of the molecule is CC(c1ccncc1)n1ccc(NC(C)C(F)(F)F)n1. The van der Waals surface area contributed by atoms with Gasteiger partial charge in [0.05, 0.1) is 6.04 Å². The summed E-state index contributed by atoms with van der Waals surface area (Å²) in [6, 6.07) is 3.51. The van der Waals surface area contributed by atoms with Crippen molar-refractivity contribution in [3.8, 4) is 0 Å². The fourth-order valence-corrected chi connectivity index (χ4v) is 1.73. The Kier molecular flexibility index (Phi) is 3.96. The number of pyridine rings is 1. The van der Waals surface area contributed by atoms with E-state index in [9.17, 15) is 13.2 Å². The molecule has 0 bridgehead atoms. The molecule has 1 N–H and O–H groups in total. The van der Waals surface area contributed by atoms with Gasteiger partial charge in [-0.3, -0.25) is 9.67 Å². The number of hydrogen-bond acceptors (Lipinski definition) is 3. The van der Waals surface area contributed by atoms with Gasteiger partial charge >= 0.3 is 6.18 Å². The summed E-state index contributed by atoms with van der Waals surface area (Å²) in [5.41, 5.74) is 0.985. The number of anilines is 1. The van der Waals surface area contributed by atoms with Crippen LogP contribution in [0.2, 0.25) is 0 Å². The Morgan fingerprint density at radius 2 is 1.80 bits per heavy atom. The van der Waals surface area contributed by atoms with Crippen molar-refractivity contribution in [2.75, 3.05) is 5.32 Å². The summed E-state index contributed by atoms with van der Waals surface area (Å²) in [5.74, 6) is 0.204. The smallest absolute Gasteiger partial charge is 0.357 e. The largest absolute Gasteiger partial charge is 0.408 e. The van der Waals surface area contributed by atoms with Gasteiger partial charge in [-0.05, 0) is 31.5 Å². The zero-order chi connectivity index (χ0) is 14.8. The summed E-state index contributed by atoms with van der Waals surface area (Å²) >= 11 is 0. The van der Waals surface area contributed by atoms with Gasteiger partial charge in [0.1, 0.15) is 11.9 Å². The molecule has 2 unspecified atom stereocenters. The second-order valence-electron chi connectivity index (χ2n) is 4.55. The molecule has 20 heavy (non-hydrogen) atoms. The molecule has 2 rings (SSSR count). The van der Waals surface area contributed by atoms with E-state index in [1.807, 2.05) is 19.1 Å². The molecule has 108 valence electrons. The standard InChI is InChI=1S/C13H15F3N4/c1-9(11-3-6-17-7-4-11)20-8-5-12(19-20)18-10(2)13(14,15)16/h3-10H,1-2H3,(H,18,19). The van der Waals surface area contributed by atoms with Crippen LogP contribution in [0, 0.1) is 0 Å². The molecule has 2 atom stereocenters. The van der Waals surface area contributed by atoms with Crippen LogP contribution in [0.5, 0.6) is 0 Å². The third kappa shape index (κ3) is 3.28. The maximum atomic E-state index is 12.5. The number of nitrogens with one attached hydrogen (secondary N) is 1. The molecule has 0 amide bonds. The number of halogens is 3. The quantitative estimate of drug-likeness (QED) is 0.937. The fraction of sp³-hybridized carbons (Fsp3) is 0.385. The lowest BCUT2D eigenvalue weighted by atomic mass is 10.1. The molecule has 7 heteroatoms. The van der Waals surface area contributed by atoms with Gasteiger partial charge in [-0.15, -0.1) is 0 Å². The molecular formula is C13H15F3N4. The predicted octanol–water partition coefficient (Wildman–Crippen LogP) is 3.25. The van der Waals surface area contributed by atoms with Gasteiger partial charge in [0.15, 0.2) is 0 Å². The summed E-state index contributed by atoms with van der Waals surface area (Å²) in [5, 5.41) is 6.46. The summed E-state index contributed by atoms with van der Waals surface area (Å²) in [7, 11) is 0. The topological polar surface area (TPSA) is 42.7 Å². The van der Waals surface area contributed by atoms with Crippen molar-refractivity contribution in [1.29, 1.82) is 0 Å². The average molecular weight is 284 g/mol. The predicted molar refractivity (Wildman–Crippen MR) is 69.4 cm³/mol. The molecule has 0 saturated carbocycles. The van der Waals surface area contributed by atoms with Crippen molar-refractivity contribution in [2.45, 2.75) is 32.1 Å². The van der Waals surface area contributed by atoms with Crippen LogP contribution in [0.25, 0.3) is 0 Å². The van der Waals surface area contributed by atoms with E-state index in [0.29, 0.717) is 0 Å². The molecular weight excluding hydrogens is 269 g/mol. The highest BCUT2D eigenvalue weighted by molar-refractivity contribution is 5.34. The van der Waals surface area contributed by atoms with Gasteiger partial charge in [-0.2, -0.15) is 18.3 Å². The maximum absolute atomic E-state index is 12.5. The molecule has 0 aromatic carbocycles. The lowest BCUT2D eigenvalue weighted by Crippen LogP contribution is -2.33. The Morgan fingerprint density at radius 3 is 2.40 bits per heavy atom. The highest BCUT2D eigenvalue weighted by atomic mass is 19.4. The van der Waals surface area contributed by atoms with Gasteiger partial charge in [0.25, 0.3) is 0 Å². The zero-order valence-electron chi connectivity index (χ0n) is 11.1. The molecule has 0 spiro atoms. The molecule has 0 radical (unpaired) electrons. The van der Waals surface area contributed by atoms with E-state index in [2.05, 4.69) is 15.4 Å². The normalized spacial score (nSPS) is 14.8. The lowest BCUT2D eigenvalue weighted by molar-refractivity contribution is -0.138.